The van der Waals surface area contributed by atoms with Crippen molar-refractivity contribution >= 4 is 23.6 Å². The summed E-state index contributed by atoms with van der Waals surface area (Å²) in [5.74, 6) is -0.149. The van der Waals surface area contributed by atoms with Gasteiger partial charge < -0.3 is 10.6 Å². The summed E-state index contributed by atoms with van der Waals surface area (Å²) in [5, 5.41) is 9.16. The van der Waals surface area contributed by atoms with E-state index in [0.29, 0.717) is 0 Å². The largest absolute Gasteiger partial charge is 0.446 e. The molecule has 1 aliphatic carbocycles. The van der Waals surface area contributed by atoms with Crippen LogP contribution >= 0.6 is 11.8 Å². The molecule has 6 nitrogen and oxygen atoms in total. The van der Waals surface area contributed by atoms with Gasteiger partial charge in [0.2, 0.25) is 11.8 Å². The zero-order valence-corrected chi connectivity index (χ0v) is 17.2. The summed E-state index contributed by atoms with van der Waals surface area (Å²) in [6.45, 7) is 1.75. The third-order valence-corrected chi connectivity index (χ3v) is 6.47. The van der Waals surface area contributed by atoms with Crippen LogP contribution in [0.1, 0.15) is 43.7 Å². The second kappa shape index (κ2) is 8.76. The summed E-state index contributed by atoms with van der Waals surface area (Å²) in [6.07, 6.45) is 3.77. The quantitative estimate of drug-likeness (QED) is 0.591. The average Bonchev–Trinajstić information content (AvgIpc) is 3.37. The predicted molar refractivity (Wildman–Crippen MR) is 106 cm³/mol. The van der Waals surface area contributed by atoms with E-state index < -0.39 is 11.6 Å². The number of benzene rings is 1. The molecule has 2 saturated heterocycles. The molecule has 1 aromatic rings. The molecule has 3 atom stereocenters. The average molecular weight is 443 g/mol. The van der Waals surface area contributed by atoms with Gasteiger partial charge >= 0.3 is 5.51 Å². The van der Waals surface area contributed by atoms with Crippen molar-refractivity contribution in [2.45, 2.75) is 60.9 Å². The predicted octanol–water partition coefficient (Wildman–Crippen LogP) is 2.72. The number of carbonyl (C=O) groups excluding carboxylic acids is 2. The second-order valence-electron chi connectivity index (χ2n) is 8.08. The molecule has 1 aromatic carbocycles. The van der Waals surface area contributed by atoms with Crippen molar-refractivity contribution in [1.82, 2.24) is 20.9 Å². The molecule has 2 aliphatic heterocycles. The van der Waals surface area contributed by atoms with Gasteiger partial charge in [0.15, 0.2) is 0 Å². The van der Waals surface area contributed by atoms with Crippen molar-refractivity contribution in [1.29, 1.82) is 0 Å². The Balaban J connectivity index is 1.41. The molecular formula is C20H25F3N4O2S. The summed E-state index contributed by atoms with van der Waals surface area (Å²) in [7, 11) is 0. The Kier molecular flexibility index (Phi) is 6.26. The smallest absolute Gasteiger partial charge is 0.348 e. The molecule has 2 heterocycles. The highest BCUT2D eigenvalue weighted by atomic mass is 32.2. The Morgan fingerprint density at radius 1 is 1.17 bits per heavy atom. The maximum atomic E-state index is 12.9. The van der Waals surface area contributed by atoms with Crippen LogP contribution in [-0.4, -0.2) is 47.6 Å². The molecular weight excluding hydrogens is 417 g/mol. The van der Waals surface area contributed by atoms with Gasteiger partial charge in [-0.1, -0.05) is 12.1 Å². The van der Waals surface area contributed by atoms with Crippen molar-refractivity contribution in [3.63, 3.8) is 0 Å². The van der Waals surface area contributed by atoms with Crippen LogP contribution in [0.3, 0.4) is 0 Å². The van der Waals surface area contributed by atoms with Crippen molar-refractivity contribution in [3.05, 3.63) is 29.8 Å². The SMILES string of the molecule is O=C1CC(C(=O)N[C@@H](c2ccc(SC(F)(F)F)cc2)C2CC2)NC(N2CCCC2)N1. The Labute approximate surface area is 177 Å². The third-order valence-electron chi connectivity index (χ3n) is 5.73. The Morgan fingerprint density at radius 2 is 1.83 bits per heavy atom. The number of halogens is 3. The lowest BCUT2D eigenvalue weighted by Gasteiger charge is -2.36. The van der Waals surface area contributed by atoms with E-state index in [1.54, 1.807) is 12.1 Å². The van der Waals surface area contributed by atoms with E-state index in [0.717, 1.165) is 44.3 Å². The van der Waals surface area contributed by atoms with Crippen LogP contribution in [0.15, 0.2) is 29.2 Å². The molecule has 10 heteroatoms. The zero-order chi connectivity index (χ0) is 21.3. The highest BCUT2D eigenvalue weighted by Gasteiger charge is 2.38. The van der Waals surface area contributed by atoms with Crippen molar-refractivity contribution < 1.29 is 22.8 Å². The summed E-state index contributed by atoms with van der Waals surface area (Å²) in [5.41, 5.74) is -3.54. The van der Waals surface area contributed by atoms with Crippen LogP contribution in [0.2, 0.25) is 0 Å². The van der Waals surface area contributed by atoms with E-state index in [1.807, 2.05) is 0 Å². The number of likely N-dealkylation sites (tertiary alicyclic amines) is 1. The molecule has 0 spiro atoms. The van der Waals surface area contributed by atoms with Gasteiger partial charge in [-0.2, -0.15) is 13.2 Å². The number of rotatable bonds is 6. The first kappa shape index (κ1) is 21.5. The monoisotopic (exact) mass is 442 g/mol. The number of alkyl halides is 3. The lowest BCUT2D eigenvalue weighted by molar-refractivity contribution is -0.134. The number of hydrogen-bond donors (Lipinski definition) is 3. The maximum Gasteiger partial charge on any atom is 0.446 e. The van der Waals surface area contributed by atoms with Crippen molar-refractivity contribution in [3.8, 4) is 0 Å². The molecule has 0 bridgehead atoms. The third kappa shape index (κ3) is 5.47. The molecule has 3 N–H and O–H groups in total. The van der Waals surface area contributed by atoms with Gasteiger partial charge in [0.25, 0.3) is 0 Å². The Morgan fingerprint density at radius 3 is 2.43 bits per heavy atom. The lowest BCUT2D eigenvalue weighted by Crippen LogP contribution is -2.66. The molecule has 4 rings (SSSR count). The molecule has 0 aromatic heterocycles. The Bertz CT molecular complexity index is 779. The minimum absolute atomic E-state index is 0.0642. The van der Waals surface area contributed by atoms with Gasteiger partial charge in [-0.25, -0.2) is 0 Å². The van der Waals surface area contributed by atoms with Gasteiger partial charge in [-0.15, -0.1) is 0 Å². The first-order chi connectivity index (χ1) is 14.3. The van der Waals surface area contributed by atoms with Crippen LogP contribution in [0.4, 0.5) is 13.2 Å². The fraction of sp³-hybridized carbons (Fsp3) is 0.600. The topological polar surface area (TPSA) is 73.5 Å². The number of amides is 2. The minimum atomic E-state index is -4.33. The molecule has 0 radical (unpaired) electrons. The van der Waals surface area contributed by atoms with Crippen molar-refractivity contribution in [2.75, 3.05) is 13.1 Å². The lowest BCUT2D eigenvalue weighted by atomic mass is 10.0. The van der Waals surface area contributed by atoms with Gasteiger partial charge in [0.05, 0.1) is 18.5 Å². The summed E-state index contributed by atoms with van der Waals surface area (Å²) in [4.78, 5) is 27.3. The molecule has 2 unspecified atom stereocenters. The summed E-state index contributed by atoms with van der Waals surface area (Å²) >= 11 is -0.152. The molecule has 3 fully saturated rings. The molecule has 1 saturated carbocycles. The van der Waals surface area contributed by atoms with E-state index >= 15 is 0 Å². The second-order valence-corrected chi connectivity index (χ2v) is 9.22. The zero-order valence-electron chi connectivity index (χ0n) is 16.4. The number of nitrogens with one attached hydrogen (secondary N) is 3. The normalized spacial score (nSPS) is 26.3. The van der Waals surface area contributed by atoms with Crippen LogP contribution in [0.25, 0.3) is 0 Å². The van der Waals surface area contributed by atoms with Gasteiger partial charge in [-0.05, 0) is 61.1 Å². The van der Waals surface area contributed by atoms with E-state index in [4.69, 9.17) is 0 Å². The number of carbonyl (C=O) groups is 2. The van der Waals surface area contributed by atoms with Gasteiger partial charge in [0.1, 0.15) is 6.29 Å². The van der Waals surface area contributed by atoms with Crippen LogP contribution in [0, 0.1) is 5.92 Å². The molecule has 30 heavy (non-hydrogen) atoms. The highest BCUT2D eigenvalue weighted by Crippen LogP contribution is 2.42. The van der Waals surface area contributed by atoms with E-state index in [1.165, 1.54) is 12.1 Å². The van der Waals surface area contributed by atoms with Crippen LogP contribution in [-0.2, 0) is 9.59 Å². The van der Waals surface area contributed by atoms with E-state index in [2.05, 4.69) is 20.9 Å². The number of hydrogen-bond acceptors (Lipinski definition) is 5. The first-order valence-corrected chi connectivity index (χ1v) is 11.1. The fourth-order valence-electron chi connectivity index (χ4n) is 4.09. The minimum Gasteiger partial charge on any atom is -0.348 e. The molecule has 2 amide bonds. The number of nitrogens with zero attached hydrogens (tertiary/aromatic N) is 1. The summed E-state index contributed by atoms with van der Waals surface area (Å²) < 4.78 is 37.7. The molecule has 3 aliphatic rings. The first-order valence-electron chi connectivity index (χ1n) is 10.2. The molecule has 164 valence electrons. The summed E-state index contributed by atoms with van der Waals surface area (Å²) in [6, 6.07) is 5.26. The van der Waals surface area contributed by atoms with Crippen molar-refractivity contribution in [2.24, 2.45) is 5.92 Å². The van der Waals surface area contributed by atoms with Crippen LogP contribution < -0.4 is 16.0 Å². The van der Waals surface area contributed by atoms with E-state index in [9.17, 15) is 22.8 Å². The standard InChI is InChI=1S/C20H25F3N4O2S/c21-20(22,23)30-14-7-5-13(6-8-14)17(12-3-4-12)26-18(29)15-11-16(28)25-19(24-15)27-9-1-2-10-27/h5-8,12,15,17,19,24H,1-4,9-11H2,(H,25,28)(H,26,29)/t15?,17-,19?/m1/s1. The maximum absolute atomic E-state index is 12.9. The van der Waals surface area contributed by atoms with Crippen LogP contribution in [0.5, 0.6) is 0 Å². The van der Waals surface area contributed by atoms with E-state index in [-0.39, 0.29) is 53.1 Å². The highest BCUT2D eigenvalue weighted by molar-refractivity contribution is 8.00. The Hall–Kier alpha value is -1.78. The van der Waals surface area contributed by atoms with Gasteiger partial charge in [0, 0.05) is 18.0 Å². The van der Waals surface area contributed by atoms with Gasteiger partial charge in [-0.3, -0.25) is 19.8 Å². The number of thioether (sulfide) groups is 1. The fourth-order valence-corrected chi connectivity index (χ4v) is 4.63.